The first kappa shape index (κ1) is 8.27. The maximum Gasteiger partial charge on any atom is 0.334 e. The minimum Gasteiger partial charge on any atom is -0.237 e. The number of halogens is 4. The fourth-order valence-electron chi connectivity index (χ4n) is 0. The van der Waals surface area contributed by atoms with Crippen LogP contribution in [0.2, 0.25) is 0 Å². The molecule has 0 aliphatic carbocycles. The number of alkyl halides is 4. The summed E-state index contributed by atoms with van der Waals surface area (Å²) in [6.07, 6.45) is 0. The molecule has 0 N–H and O–H groups in total. The van der Waals surface area contributed by atoms with Crippen LogP contribution < -0.4 is 0 Å². The van der Waals surface area contributed by atoms with Crippen LogP contribution in [0.4, 0.5) is 13.2 Å². The normalized spacial score (nSPS) is 14.2. The Bertz CT molecular complexity index is 66.3. The third-order valence-electron chi connectivity index (χ3n) is 0.674. The highest BCUT2D eigenvalue weighted by Crippen LogP contribution is 2.36. The molecule has 0 radical (unpaired) electrons. The van der Waals surface area contributed by atoms with Crippen molar-refractivity contribution in [2.75, 3.05) is 0 Å². The van der Waals surface area contributed by atoms with Crippen LogP contribution in [0.5, 0.6) is 0 Å². The van der Waals surface area contributed by atoms with Crippen molar-refractivity contribution in [3.05, 3.63) is 0 Å². The predicted molar refractivity (Wildman–Crippen MR) is 29.1 cm³/mol. The molecule has 0 atom stereocenters. The molecule has 0 saturated carbocycles. The molecule has 0 bridgehead atoms. The molecule has 0 aliphatic heterocycles. The Labute approximate surface area is 54.2 Å². The Morgan fingerprint density at radius 3 is 1.25 bits per heavy atom. The van der Waals surface area contributed by atoms with E-state index in [1.807, 2.05) is 15.9 Å². The Hall–Kier alpha value is 0.270. The minimum atomic E-state index is -3.42. The van der Waals surface area contributed by atoms with Crippen LogP contribution in [-0.2, 0) is 0 Å². The van der Waals surface area contributed by atoms with Gasteiger partial charge in [-0.3, -0.25) is 0 Å². The van der Waals surface area contributed by atoms with Gasteiger partial charge in [-0.25, -0.2) is 4.39 Å². The lowest BCUT2D eigenvalue weighted by atomic mass is 10.2. The molecule has 0 unspecified atom stereocenters. The lowest BCUT2D eigenvalue weighted by Gasteiger charge is -2.19. The molecule has 0 spiro atoms. The fraction of sp³-hybridized carbons (Fsp3) is 1.00. The lowest BCUT2D eigenvalue weighted by molar-refractivity contribution is -0.0345. The van der Waals surface area contributed by atoms with Gasteiger partial charge in [0.1, 0.15) is 0 Å². The average molecular weight is 191 g/mol. The maximum absolute atomic E-state index is 12.1. The zero-order chi connectivity index (χ0) is 7.00. The summed E-state index contributed by atoms with van der Waals surface area (Å²) in [6.45, 7) is 1.61. The first-order valence-corrected chi connectivity index (χ1v) is 2.80. The lowest BCUT2D eigenvalue weighted by Crippen LogP contribution is -2.32. The average Bonchev–Trinajstić information content (AvgIpc) is 1.25. The predicted octanol–water partition coefficient (Wildman–Crippen LogP) is 2.72. The van der Waals surface area contributed by atoms with Crippen LogP contribution in [-0.4, -0.2) is 10.5 Å². The van der Waals surface area contributed by atoms with Crippen molar-refractivity contribution >= 4 is 15.9 Å². The summed E-state index contributed by atoms with van der Waals surface area (Å²) >= 11 is 1.89. The van der Waals surface area contributed by atoms with Gasteiger partial charge < -0.3 is 0 Å². The number of hydrogen-bond donors (Lipinski definition) is 0. The number of rotatable bonds is 1. The van der Waals surface area contributed by atoms with Crippen molar-refractivity contribution in [3.63, 3.8) is 0 Å². The highest BCUT2D eigenvalue weighted by atomic mass is 79.9. The Kier molecular flexibility index (Phi) is 1.96. The molecule has 8 heavy (non-hydrogen) atoms. The summed E-state index contributed by atoms with van der Waals surface area (Å²) in [5, 5.41) is 0. The second-order valence-electron chi connectivity index (χ2n) is 1.97. The molecular weight excluding hydrogens is 185 g/mol. The van der Waals surface area contributed by atoms with Crippen LogP contribution in [0.1, 0.15) is 13.8 Å². The maximum atomic E-state index is 12.1. The second kappa shape index (κ2) is 1.90. The molecular formula is C4H6BrF3. The van der Waals surface area contributed by atoms with Crippen molar-refractivity contribution in [3.8, 4) is 0 Å². The summed E-state index contributed by atoms with van der Waals surface area (Å²) in [5.41, 5.74) is -2.48. The van der Waals surface area contributed by atoms with Crippen LogP contribution in [0.25, 0.3) is 0 Å². The zero-order valence-electron chi connectivity index (χ0n) is 4.51. The summed E-state index contributed by atoms with van der Waals surface area (Å²) < 4.78 is 35.6. The molecule has 50 valence electrons. The summed E-state index contributed by atoms with van der Waals surface area (Å²) in [6, 6.07) is 0. The highest BCUT2D eigenvalue weighted by molar-refractivity contribution is 9.10. The molecule has 0 aliphatic rings. The summed E-state index contributed by atoms with van der Waals surface area (Å²) in [4.78, 5) is -3.42. The van der Waals surface area contributed by atoms with Crippen molar-refractivity contribution < 1.29 is 13.2 Å². The van der Waals surface area contributed by atoms with E-state index in [9.17, 15) is 13.2 Å². The first-order chi connectivity index (χ1) is 3.25. The van der Waals surface area contributed by atoms with Gasteiger partial charge in [0.2, 0.25) is 0 Å². The van der Waals surface area contributed by atoms with Crippen molar-refractivity contribution in [1.82, 2.24) is 0 Å². The Morgan fingerprint density at radius 2 is 1.25 bits per heavy atom. The molecule has 0 nitrogen and oxygen atoms in total. The fourth-order valence-corrected chi connectivity index (χ4v) is 0. The van der Waals surface area contributed by atoms with Gasteiger partial charge in [-0.05, 0) is 29.8 Å². The van der Waals surface area contributed by atoms with E-state index < -0.39 is 10.5 Å². The van der Waals surface area contributed by atoms with Gasteiger partial charge in [0.05, 0.1) is 0 Å². The topological polar surface area (TPSA) is 0 Å². The van der Waals surface area contributed by atoms with Crippen LogP contribution in [0, 0.1) is 0 Å². The van der Waals surface area contributed by atoms with Gasteiger partial charge in [0, 0.05) is 0 Å². The second-order valence-corrected chi connectivity index (χ2v) is 2.97. The van der Waals surface area contributed by atoms with E-state index in [2.05, 4.69) is 0 Å². The zero-order valence-corrected chi connectivity index (χ0v) is 6.10. The molecule has 0 saturated heterocycles. The minimum absolute atomic E-state index is 0.807. The van der Waals surface area contributed by atoms with Crippen molar-refractivity contribution in [2.45, 2.75) is 24.3 Å². The van der Waals surface area contributed by atoms with E-state index in [0.29, 0.717) is 0 Å². The van der Waals surface area contributed by atoms with Gasteiger partial charge in [-0.1, -0.05) is 0 Å². The van der Waals surface area contributed by atoms with Gasteiger partial charge in [-0.2, -0.15) is 8.78 Å². The third-order valence-corrected chi connectivity index (χ3v) is 1.62. The van der Waals surface area contributed by atoms with E-state index in [-0.39, 0.29) is 0 Å². The monoisotopic (exact) mass is 190 g/mol. The summed E-state index contributed by atoms with van der Waals surface area (Å²) in [5.74, 6) is 0. The van der Waals surface area contributed by atoms with E-state index in [0.717, 1.165) is 13.8 Å². The molecule has 0 rings (SSSR count). The van der Waals surface area contributed by atoms with Crippen LogP contribution >= 0.6 is 15.9 Å². The van der Waals surface area contributed by atoms with Gasteiger partial charge >= 0.3 is 4.83 Å². The van der Waals surface area contributed by atoms with Crippen molar-refractivity contribution in [1.29, 1.82) is 0 Å². The van der Waals surface area contributed by atoms with Crippen LogP contribution in [0.15, 0.2) is 0 Å². The number of hydrogen-bond acceptors (Lipinski definition) is 0. The van der Waals surface area contributed by atoms with E-state index in [1.54, 1.807) is 0 Å². The largest absolute Gasteiger partial charge is 0.334 e. The van der Waals surface area contributed by atoms with Gasteiger partial charge in [0.15, 0.2) is 5.67 Å². The molecule has 0 aromatic carbocycles. The molecule has 0 aromatic heterocycles. The smallest absolute Gasteiger partial charge is 0.237 e. The third kappa shape index (κ3) is 2.03. The van der Waals surface area contributed by atoms with Crippen LogP contribution in [0.3, 0.4) is 0 Å². The SMILES string of the molecule is CC(C)(F)C(F)(F)Br. The quantitative estimate of drug-likeness (QED) is 0.559. The summed E-state index contributed by atoms with van der Waals surface area (Å²) in [7, 11) is 0. The molecule has 0 fully saturated rings. The first-order valence-electron chi connectivity index (χ1n) is 2.01. The molecule has 0 amide bonds. The molecule has 4 heteroatoms. The Morgan fingerprint density at radius 1 is 1.12 bits per heavy atom. The van der Waals surface area contributed by atoms with Crippen molar-refractivity contribution in [2.24, 2.45) is 0 Å². The highest BCUT2D eigenvalue weighted by Gasteiger charge is 2.44. The van der Waals surface area contributed by atoms with E-state index in [4.69, 9.17) is 0 Å². The Balaban J connectivity index is 4.02. The van der Waals surface area contributed by atoms with Gasteiger partial charge in [-0.15, -0.1) is 0 Å². The standard InChI is InChI=1S/C4H6BrF3/c1-3(2,6)4(5,7)8/h1-2H3. The van der Waals surface area contributed by atoms with Gasteiger partial charge in [0.25, 0.3) is 0 Å². The molecule has 0 aromatic rings. The van der Waals surface area contributed by atoms with E-state index >= 15 is 0 Å². The molecule has 0 heterocycles. The van der Waals surface area contributed by atoms with E-state index in [1.165, 1.54) is 0 Å².